The van der Waals surface area contributed by atoms with E-state index in [1.54, 1.807) is 6.20 Å². The lowest BCUT2D eigenvalue weighted by Crippen LogP contribution is -2.51. The van der Waals surface area contributed by atoms with E-state index in [4.69, 9.17) is 4.74 Å². The van der Waals surface area contributed by atoms with Crippen LogP contribution >= 0.6 is 0 Å². The molecule has 0 aliphatic carbocycles. The van der Waals surface area contributed by atoms with E-state index in [9.17, 15) is 5.26 Å². The van der Waals surface area contributed by atoms with Crippen molar-refractivity contribution in [2.45, 2.75) is 44.9 Å². The molecular formula is C21H26N4O. The number of pyridine rings is 1. The molecule has 1 aromatic heterocycles. The summed E-state index contributed by atoms with van der Waals surface area (Å²) in [7, 11) is 0. The lowest BCUT2D eigenvalue weighted by atomic mass is 10.1. The number of hydrogen-bond acceptors (Lipinski definition) is 5. The second kappa shape index (κ2) is 7.22. The van der Waals surface area contributed by atoms with Crippen molar-refractivity contribution >= 4 is 16.6 Å². The van der Waals surface area contributed by atoms with Crippen molar-refractivity contribution in [1.82, 2.24) is 9.88 Å². The fourth-order valence-electron chi connectivity index (χ4n) is 4.39. The van der Waals surface area contributed by atoms with E-state index in [0.29, 0.717) is 11.6 Å². The van der Waals surface area contributed by atoms with Gasteiger partial charge in [0.2, 0.25) is 0 Å². The summed E-state index contributed by atoms with van der Waals surface area (Å²) in [6, 6.07) is 10.9. The van der Waals surface area contributed by atoms with E-state index in [2.05, 4.69) is 46.8 Å². The second-order valence-electron chi connectivity index (χ2n) is 7.60. The van der Waals surface area contributed by atoms with Gasteiger partial charge in [0.05, 0.1) is 23.3 Å². The molecule has 5 nitrogen and oxygen atoms in total. The highest BCUT2D eigenvalue weighted by Crippen LogP contribution is 2.30. The first-order valence-corrected chi connectivity index (χ1v) is 9.58. The third-order valence-corrected chi connectivity index (χ3v) is 5.66. The number of nitriles is 1. The molecule has 5 heteroatoms. The maximum absolute atomic E-state index is 9.38. The molecule has 0 bridgehead atoms. The SMILES string of the molecule is C[C@@H]1CN(c2ccc(C#N)c3ncccc23)C[C@H](CN2CCC[C@@H]2C)O1. The number of benzene rings is 1. The molecule has 0 unspecified atom stereocenters. The molecule has 2 aliphatic rings. The molecule has 0 saturated carbocycles. The Labute approximate surface area is 155 Å². The van der Waals surface area contributed by atoms with Crippen LogP contribution in [-0.2, 0) is 4.74 Å². The van der Waals surface area contributed by atoms with Gasteiger partial charge in [0.25, 0.3) is 0 Å². The first kappa shape index (κ1) is 17.3. The zero-order valence-corrected chi connectivity index (χ0v) is 15.6. The zero-order valence-electron chi connectivity index (χ0n) is 15.6. The Kier molecular flexibility index (Phi) is 4.80. The van der Waals surface area contributed by atoms with E-state index >= 15 is 0 Å². The Hall–Kier alpha value is -2.16. The van der Waals surface area contributed by atoms with Crippen LogP contribution in [0.2, 0.25) is 0 Å². The minimum atomic E-state index is 0.189. The Morgan fingerprint density at radius 3 is 2.92 bits per heavy atom. The molecule has 2 aliphatic heterocycles. The number of rotatable bonds is 3. The Balaban J connectivity index is 1.61. The minimum absolute atomic E-state index is 0.189. The van der Waals surface area contributed by atoms with Crippen molar-refractivity contribution in [3.63, 3.8) is 0 Å². The maximum atomic E-state index is 9.38. The summed E-state index contributed by atoms with van der Waals surface area (Å²) in [6.45, 7) is 8.38. The predicted molar refractivity (Wildman–Crippen MR) is 103 cm³/mol. The van der Waals surface area contributed by atoms with E-state index in [0.717, 1.165) is 36.2 Å². The van der Waals surface area contributed by atoms with Crippen LogP contribution < -0.4 is 4.90 Å². The monoisotopic (exact) mass is 350 g/mol. The molecule has 26 heavy (non-hydrogen) atoms. The number of fused-ring (bicyclic) bond motifs is 1. The van der Waals surface area contributed by atoms with Crippen molar-refractivity contribution in [2.75, 3.05) is 31.1 Å². The van der Waals surface area contributed by atoms with Gasteiger partial charge in [0, 0.05) is 42.9 Å². The van der Waals surface area contributed by atoms with Crippen LogP contribution in [0.5, 0.6) is 0 Å². The summed E-state index contributed by atoms with van der Waals surface area (Å²) in [5.74, 6) is 0. The van der Waals surface area contributed by atoms with Crippen LogP contribution in [0.25, 0.3) is 10.9 Å². The average molecular weight is 350 g/mol. The molecule has 3 heterocycles. The summed E-state index contributed by atoms with van der Waals surface area (Å²) in [6.07, 6.45) is 4.74. The van der Waals surface area contributed by atoms with Crippen molar-refractivity contribution in [3.05, 3.63) is 36.0 Å². The fourth-order valence-corrected chi connectivity index (χ4v) is 4.39. The first-order chi connectivity index (χ1) is 12.7. The van der Waals surface area contributed by atoms with Crippen molar-refractivity contribution in [2.24, 2.45) is 0 Å². The van der Waals surface area contributed by atoms with Gasteiger partial charge in [-0.3, -0.25) is 9.88 Å². The zero-order chi connectivity index (χ0) is 18.1. The number of morpholine rings is 1. The van der Waals surface area contributed by atoms with Crippen molar-refractivity contribution in [3.8, 4) is 6.07 Å². The smallest absolute Gasteiger partial charge is 0.101 e. The number of anilines is 1. The van der Waals surface area contributed by atoms with Gasteiger partial charge < -0.3 is 9.64 Å². The molecule has 0 spiro atoms. The molecule has 2 fully saturated rings. The van der Waals surface area contributed by atoms with Crippen LogP contribution in [0.15, 0.2) is 30.5 Å². The van der Waals surface area contributed by atoms with Crippen LogP contribution in [-0.4, -0.2) is 54.3 Å². The highest BCUT2D eigenvalue weighted by Gasteiger charge is 2.30. The highest BCUT2D eigenvalue weighted by atomic mass is 16.5. The molecule has 0 N–H and O–H groups in total. The van der Waals surface area contributed by atoms with Gasteiger partial charge in [-0.1, -0.05) is 0 Å². The van der Waals surface area contributed by atoms with Crippen LogP contribution in [0.4, 0.5) is 5.69 Å². The topological polar surface area (TPSA) is 52.4 Å². The summed E-state index contributed by atoms with van der Waals surface area (Å²) >= 11 is 0. The van der Waals surface area contributed by atoms with Crippen LogP contribution in [0.1, 0.15) is 32.3 Å². The quantitative estimate of drug-likeness (QED) is 0.851. The molecular weight excluding hydrogens is 324 g/mol. The van der Waals surface area contributed by atoms with E-state index in [-0.39, 0.29) is 12.2 Å². The lowest BCUT2D eigenvalue weighted by molar-refractivity contribution is -0.0331. The molecule has 136 valence electrons. The Morgan fingerprint density at radius 2 is 2.15 bits per heavy atom. The number of ether oxygens (including phenoxy) is 1. The number of aromatic nitrogens is 1. The predicted octanol–water partition coefficient (Wildman–Crippen LogP) is 3.18. The number of likely N-dealkylation sites (tertiary alicyclic amines) is 1. The van der Waals surface area contributed by atoms with Gasteiger partial charge in [-0.15, -0.1) is 0 Å². The molecule has 0 amide bonds. The molecule has 2 saturated heterocycles. The van der Waals surface area contributed by atoms with Crippen LogP contribution in [0.3, 0.4) is 0 Å². The van der Waals surface area contributed by atoms with Gasteiger partial charge in [0.15, 0.2) is 0 Å². The van der Waals surface area contributed by atoms with Gasteiger partial charge in [-0.2, -0.15) is 5.26 Å². The van der Waals surface area contributed by atoms with Gasteiger partial charge >= 0.3 is 0 Å². The molecule has 4 rings (SSSR count). The first-order valence-electron chi connectivity index (χ1n) is 9.58. The molecule has 1 aromatic carbocycles. The van der Waals surface area contributed by atoms with Crippen molar-refractivity contribution in [1.29, 1.82) is 5.26 Å². The third kappa shape index (κ3) is 3.27. The Morgan fingerprint density at radius 1 is 1.27 bits per heavy atom. The second-order valence-corrected chi connectivity index (χ2v) is 7.60. The van der Waals surface area contributed by atoms with Crippen molar-refractivity contribution < 1.29 is 4.74 Å². The summed E-state index contributed by atoms with van der Waals surface area (Å²) in [5.41, 5.74) is 2.58. The van der Waals surface area contributed by atoms with E-state index in [1.165, 1.54) is 19.4 Å². The largest absolute Gasteiger partial charge is 0.370 e. The maximum Gasteiger partial charge on any atom is 0.101 e. The molecule has 3 atom stereocenters. The summed E-state index contributed by atoms with van der Waals surface area (Å²) in [4.78, 5) is 9.41. The molecule has 0 radical (unpaired) electrons. The molecule has 2 aromatic rings. The lowest BCUT2D eigenvalue weighted by Gasteiger charge is -2.40. The minimum Gasteiger partial charge on any atom is -0.370 e. The normalized spacial score (nSPS) is 27.0. The average Bonchev–Trinajstić information content (AvgIpc) is 3.05. The number of hydrogen-bond donors (Lipinski definition) is 0. The van der Waals surface area contributed by atoms with Gasteiger partial charge in [-0.05, 0) is 57.5 Å². The van der Waals surface area contributed by atoms with Gasteiger partial charge in [0.1, 0.15) is 6.07 Å². The fraction of sp³-hybridized carbons (Fsp3) is 0.524. The summed E-state index contributed by atoms with van der Waals surface area (Å²) < 4.78 is 6.25. The number of nitrogens with zero attached hydrogens (tertiary/aromatic N) is 4. The standard InChI is InChI=1S/C21H26N4O/c1-15-5-4-10-24(15)13-18-14-25(12-16(2)26-18)20-8-7-17(11-22)21-19(20)6-3-9-23-21/h3,6-9,15-16,18H,4-5,10,12-14H2,1-2H3/t15-,16+,18-/m0/s1. The van der Waals surface area contributed by atoms with Crippen LogP contribution in [0, 0.1) is 11.3 Å². The Bertz CT molecular complexity index is 830. The van der Waals surface area contributed by atoms with Gasteiger partial charge in [-0.25, -0.2) is 0 Å². The van der Waals surface area contributed by atoms with E-state index < -0.39 is 0 Å². The van der Waals surface area contributed by atoms with E-state index in [1.807, 2.05) is 12.1 Å². The summed E-state index contributed by atoms with van der Waals surface area (Å²) in [5, 5.41) is 10.4. The third-order valence-electron chi connectivity index (χ3n) is 5.66. The highest BCUT2D eigenvalue weighted by molar-refractivity contribution is 5.95.